The van der Waals surface area contributed by atoms with Crippen LogP contribution in [0.2, 0.25) is 0 Å². The number of carboxylic acids is 1. The third-order valence-corrected chi connectivity index (χ3v) is 6.38. The number of fused-ring (bicyclic) bond motifs is 3. The Morgan fingerprint density at radius 2 is 1.87 bits per heavy atom. The normalized spacial score (nSPS) is 10.9. The van der Waals surface area contributed by atoms with Crippen LogP contribution in [0.15, 0.2) is 48.5 Å². The quantitative estimate of drug-likeness (QED) is 0.229. The second-order valence-corrected chi connectivity index (χ2v) is 9.03. The van der Waals surface area contributed by atoms with Gasteiger partial charge in [0.15, 0.2) is 12.4 Å². The van der Waals surface area contributed by atoms with Gasteiger partial charge in [0.05, 0.1) is 17.6 Å². The van der Waals surface area contributed by atoms with Crippen molar-refractivity contribution in [3.8, 4) is 5.75 Å². The number of amides is 1. The van der Waals surface area contributed by atoms with Gasteiger partial charge in [-0.05, 0) is 30.2 Å². The molecule has 0 aliphatic rings. The maximum atomic E-state index is 12.6. The zero-order valence-corrected chi connectivity index (χ0v) is 23.1. The highest BCUT2D eigenvalue weighted by atomic mass is 35.5. The summed E-state index contributed by atoms with van der Waals surface area (Å²) >= 11 is 5.91. The van der Waals surface area contributed by atoms with Crippen molar-refractivity contribution >= 4 is 63.6 Å². The Kier molecular flexibility index (Phi) is 10.7. The highest BCUT2D eigenvalue weighted by Crippen LogP contribution is 2.29. The molecule has 0 atom stereocenters. The van der Waals surface area contributed by atoms with Crippen LogP contribution in [-0.2, 0) is 33.8 Å². The first-order chi connectivity index (χ1) is 18.4. The maximum Gasteiger partial charge on any atom is 0.341 e. The van der Waals surface area contributed by atoms with Gasteiger partial charge >= 0.3 is 5.97 Å². The molecule has 0 bridgehead atoms. The maximum absolute atomic E-state index is 12.6. The van der Waals surface area contributed by atoms with Gasteiger partial charge in [0.1, 0.15) is 23.0 Å². The number of nitrogens with two attached hydrogens (primary N) is 1. The second kappa shape index (κ2) is 14.0. The van der Waals surface area contributed by atoms with Gasteiger partial charge in [-0.2, -0.15) is 0 Å². The number of ether oxygens (including phenoxy) is 2. The zero-order valence-electron chi connectivity index (χ0n) is 21.5. The van der Waals surface area contributed by atoms with Crippen LogP contribution in [-0.4, -0.2) is 69.2 Å². The molecule has 0 spiro atoms. The van der Waals surface area contributed by atoms with Crippen LogP contribution in [0, 0.1) is 0 Å². The minimum Gasteiger partial charge on any atom is -0.482 e. The number of halogens is 2. The Hall–Kier alpha value is -3.60. The molecule has 12 heteroatoms. The lowest BCUT2D eigenvalue weighted by molar-refractivity contribution is -0.139. The van der Waals surface area contributed by atoms with Gasteiger partial charge in [-0.25, -0.2) is 14.8 Å². The summed E-state index contributed by atoms with van der Waals surface area (Å²) in [6.07, 6.45) is 1.27. The molecule has 39 heavy (non-hydrogen) atoms. The Bertz CT molecular complexity index is 1430. The molecule has 4 rings (SSSR count). The van der Waals surface area contributed by atoms with Crippen molar-refractivity contribution in [1.29, 1.82) is 0 Å². The molecule has 1 amide bonds. The highest BCUT2D eigenvalue weighted by Gasteiger charge is 2.18. The number of benzene rings is 2. The number of carbonyl (C=O) groups is 2. The van der Waals surface area contributed by atoms with Crippen molar-refractivity contribution in [3.63, 3.8) is 0 Å². The van der Waals surface area contributed by atoms with Gasteiger partial charge in [-0.1, -0.05) is 30.3 Å². The second-order valence-electron chi connectivity index (χ2n) is 8.76. The molecule has 2 aromatic carbocycles. The number of nitrogen functional groups attached to an aromatic ring is 1. The predicted molar refractivity (Wildman–Crippen MR) is 153 cm³/mol. The number of carbonyl (C=O) groups excluding carboxylic acids is 1. The van der Waals surface area contributed by atoms with Crippen LogP contribution in [0.5, 0.6) is 5.75 Å². The van der Waals surface area contributed by atoms with E-state index in [2.05, 4.69) is 9.55 Å². The van der Waals surface area contributed by atoms with Crippen molar-refractivity contribution in [3.05, 3.63) is 59.9 Å². The fraction of sp³-hybridized carbons (Fsp3) is 0.333. The monoisotopic (exact) mass is 575 g/mol. The smallest absolute Gasteiger partial charge is 0.341 e. The van der Waals surface area contributed by atoms with Gasteiger partial charge in [0, 0.05) is 38.6 Å². The number of methoxy groups -OCH3 is 1. The number of hydrogen-bond acceptors (Lipinski definition) is 7. The van der Waals surface area contributed by atoms with E-state index < -0.39 is 12.6 Å². The van der Waals surface area contributed by atoms with E-state index in [-0.39, 0.29) is 24.2 Å². The Morgan fingerprint density at radius 1 is 1.13 bits per heavy atom. The van der Waals surface area contributed by atoms with Crippen molar-refractivity contribution in [2.24, 2.45) is 0 Å². The van der Waals surface area contributed by atoms with E-state index in [1.165, 1.54) is 0 Å². The molecule has 0 aliphatic carbocycles. The number of alkyl halides is 1. The molecule has 208 valence electrons. The molecule has 0 saturated heterocycles. The van der Waals surface area contributed by atoms with Crippen molar-refractivity contribution in [1.82, 2.24) is 19.4 Å². The predicted octanol–water partition coefficient (Wildman–Crippen LogP) is 3.90. The Balaban J connectivity index is 0.00000420. The van der Waals surface area contributed by atoms with Crippen LogP contribution in [0.4, 0.5) is 5.82 Å². The van der Waals surface area contributed by atoms with E-state index in [1.54, 1.807) is 36.3 Å². The molecule has 2 aromatic heterocycles. The summed E-state index contributed by atoms with van der Waals surface area (Å²) in [4.78, 5) is 34.4. The van der Waals surface area contributed by atoms with E-state index in [9.17, 15) is 9.59 Å². The fourth-order valence-electron chi connectivity index (χ4n) is 4.38. The topological polar surface area (TPSA) is 133 Å². The summed E-state index contributed by atoms with van der Waals surface area (Å²) in [5.74, 6) is 0.329. The number of aliphatic carboxylic acids is 1. The number of hydrogen-bond donors (Lipinski definition) is 2. The van der Waals surface area contributed by atoms with Crippen molar-refractivity contribution < 1.29 is 24.2 Å². The molecule has 3 N–H and O–H groups in total. The van der Waals surface area contributed by atoms with Crippen LogP contribution in [0.1, 0.15) is 17.8 Å². The average molecular weight is 576 g/mol. The molecule has 0 unspecified atom stereocenters. The minimum absolute atomic E-state index is 0. The number of aryl methyl sites for hydroxylation is 1. The molecule has 0 aliphatic heterocycles. The van der Waals surface area contributed by atoms with Gasteiger partial charge in [0.2, 0.25) is 5.91 Å². The molecule has 4 aromatic rings. The number of anilines is 1. The van der Waals surface area contributed by atoms with Crippen LogP contribution >= 0.6 is 24.0 Å². The first kappa shape index (κ1) is 29.9. The van der Waals surface area contributed by atoms with Crippen molar-refractivity contribution in [2.75, 3.05) is 38.5 Å². The standard InChI is InChI=1S/C27H30ClN5O5.ClH/c1-37-14-11-22-31-25-26(20-5-2-3-6-21(20)30-27(25)29)33(22)13-4-12-32(23(34)15-28)16-18-7-9-19(10-8-18)38-17-24(35)36;/h2-3,5-10H,4,11-17H2,1H3,(H2,29,30)(H,35,36);1H. The molecule has 2 heterocycles. The number of pyridine rings is 1. The van der Waals surface area contributed by atoms with Gasteiger partial charge < -0.3 is 29.8 Å². The first-order valence-electron chi connectivity index (χ1n) is 12.2. The van der Waals surface area contributed by atoms with Crippen LogP contribution in [0.25, 0.3) is 21.9 Å². The molecule has 0 fully saturated rings. The van der Waals surface area contributed by atoms with E-state index in [1.807, 2.05) is 24.3 Å². The summed E-state index contributed by atoms with van der Waals surface area (Å²) in [5.41, 5.74) is 9.54. The molecular formula is C27H31Cl2N5O5. The van der Waals surface area contributed by atoms with Gasteiger partial charge in [0.25, 0.3) is 0 Å². The summed E-state index contributed by atoms with van der Waals surface area (Å²) in [7, 11) is 1.65. The van der Waals surface area contributed by atoms with Gasteiger partial charge in [-0.3, -0.25) is 4.79 Å². The Morgan fingerprint density at radius 3 is 2.56 bits per heavy atom. The molecule has 0 saturated carbocycles. The van der Waals surface area contributed by atoms with E-state index in [4.69, 9.17) is 36.9 Å². The van der Waals surface area contributed by atoms with E-state index in [0.717, 1.165) is 27.8 Å². The lowest BCUT2D eigenvalue weighted by atomic mass is 10.2. The van der Waals surface area contributed by atoms with Crippen LogP contribution in [0.3, 0.4) is 0 Å². The molecule has 10 nitrogen and oxygen atoms in total. The fourth-order valence-corrected chi connectivity index (χ4v) is 4.55. The largest absolute Gasteiger partial charge is 0.482 e. The SMILES string of the molecule is COCCc1nc2c(N)nc3ccccc3c2n1CCCN(Cc1ccc(OCC(=O)O)cc1)C(=O)CCl.Cl. The summed E-state index contributed by atoms with van der Waals surface area (Å²) < 4.78 is 12.6. The molecular weight excluding hydrogens is 545 g/mol. The zero-order chi connectivity index (χ0) is 27.1. The minimum atomic E-state index is -1.05. The van der Waals surface area contributed by atoms with E-state index in [0.29, 0.717) is 56.2 Å². The third kappa shape index (κ3) is 7.29. The highest BCUT2D eigenvalue weighted by molar-refractivity contribution is 6.27. The number of para-hydroxylation sites is 1. The summed E-state index contributed by atoms with van der Waals surface area (Å²) in [5, 5.41) is 9.73. The third-order valence-electron chi connectivity index (χ3n) is 6.16. The number of nitrogens with zero attached hydrogens (tertiary/aromatic N) is 4. The lowest BCUT2D eigenvalue weighted by Gasteiger charge is -2.22. The summed E-state index contributed by atoms with van der Waals surface area (Å²) in [6, 6.07) is 14.8. The Labute approximate surface area is 237 Å². The number of imidazole rings is 1. The van der Waals surface area contributed by atoms with Crippen molar-refractivity contribution in [2.45, 2.75) is 25.9 Å². The lowest BCUT2D eigenvalue weighted by Crippen LogP contribution is -2.33. The number of carboxylic acid groups (broad SMARTS) is 1. The van der Waals surface area contributed by atoms with Crippen LogP contribution < -0.4 is 10.5 Å². The first-order valence-corrected chi connectivity index (χ1v) is 12.7. The number of rotatable bonds is 13. The van der Waals surface area contributed by atoms with E-state index >= 15 is 0 Å². The average Bonchev–Trinajstić information content (AvgIpc) is 3.29. The molecule has 0 radical (unpaired) electrons. The van der Waals surface area contributed by atoms with Gasteiger partial charge in [-0.15, -0.1) is 24.0 Å². The number of aromatic nitrogens is 3. The summed E-state index contributed by atoms with van der Waals surface area (Å²) in [6.45, 7) is 1.55.